The Morgan fingerprint density at radius 1 is 1.47 bits per heavy atom. The Kier molecular flexibility index (Phi) is 3.99. The Hall–Kier alpha value is -2.11. The second-order valence-corrected chi connectivity index (χ2v) is 4.49. The number of esters is 1. The first-order valence-corrected chi connectivity index (χ1v) is 6.15. The zero-order chi connectivity index (χ0) is 13.8. The maximum atomic E-state index is 11.6. The van der Waals surface area contributed by atoms with Crippen molar-refractivity contribution in [2.75, 3.05) is 25.1 Å². The Morgan fingerprint density at radius 3 is 2.95 bits per heavy atom. The number of nitrogens with zero attached hydrogens (tertiary/aromatic N) is 2. The maximum Gasteiger partial charge on any atom is 0.354 e. The molecule has 6 heteroatoms. The number of hydrogen-bond acceptors (Lipinski definition) is 5. The van der Waals surface area contributed by atoms with Gasteiger partial charge in [-0.1, -0.05) is 6.07 Å². The minimum absolute atomic E-state index is 0.0118. The van der Waals surface area contributed by atoms with Gasteiger partial charge in [0.05, 0.1) is 13.0 Å². The van der Waals surface area contributed by atoms with Crippen LogP contribution in [0.25, 0.3) is 0 Å². The van der Waals surface area contributed by atoms with Crippen LogP contribution in [0.4, 0.5) is 5.82 Å². The van der Waals surface area contributed by atoms with Crippen molar-refractivity contribution in [1.82, 2.24) is 4.98 Å². The molecule has 0 bridgehead atoms. The van der Waals surface area contributed by atoms with Gasteiger partial charge in [-0.25, -0.2) is 9.78 Å². The van der Waals surface area contributed by atoms with Crippen LogP contribution in [0.2, 0.25) is 0 Å². The van der Waals surface area contributed by atoms with Crippen LogP contribution in [0.5, 0.6) is 0 Å². The van der Waals surface area contributed by atoms with Crippen molar-refractivity contribution in [3.63, 3.8) is 0 Å². The molecule has 0 aromatic carbocycles. The van der Waals surface area contributed by atoms with Crippen LogP contribution in [0.15, 0.2) is 18.2 Å². The molecule has 0 spiro atoms. The normalized spacial score (nSPS) is 19.0. The van der Waals surface area contributed by atoms with Gasteiger partial charge in [0.1, 0.15) is 5.82 Å². The summed E-state index contributed by atoms with van der Waals surface area (Å²) in [6, 6.07) is 4.87. The second kappa shape index (κ2) is 5.69. The fraction of sp³-hybridized carbons (Fsp3) is 0.462. The molecular weight excluding hydrogens is 248 g/mol. The molecule has 1 N–H and O–H groups in total. The lowest BCUT2D eigenvalue weighted by molar-refractivity contribution is -0.145. The van der Waals surface area contributed by atoms with Crippen molar-refractivity contribution in [2.45, 2.75) is 12.8 Å². The molecule has 0 unspecified atom stereocenters. The molecule has 2 heterocycles. The van der Waals surface area contributed by atoms with Crippen molar-refractivity contribution in [3.05, 3.63) is 23.9 Å². The number of aromatic carboxylic acids is 1. The highest BCUT2D eigenvalue weighted by atomic mass is 16.5. The molecule has 1 aliphatic heterocycles. The lowest BCUT2D eigenvalue weighted by Crippen LogP contribution is -2.39. The molecule has 102 valence electrons. The standard InChI is InChI=1S/C13H16N2O4/c1-19-13(18)9-4-3-7-15(8-9)11-6-2-5-10(14-11)12(16)17/h2,5-6,9H,3-4,7-8H2,1H3,(H,16,17)/t9-/m0/s1. The van der Waals surface area contributed by atoms with E-state index >= 15 is 0 Å². The highest BCUT2D eigenvalue weighted by Gasteiger charge is 2.27. The number of hydrogen-bond donors (Lipinski definition) is 1. The van der Waals surface area contributed by atoms with Gasteiger partial charge in [0.15, 0.2) is 5.69 Å². The zero-order valence-electron chi connectivity index (χ0n) is 10.7. The summed E-state index contributed by atoms with van der Waals surface area (Å²) in [5.41, 5.74) is 0.0118. The molecule has 0 radical (unpaired) electrons. The van der Waals surface area contributed by atoms with Gasteiger partial charge in [0.25, 0.3) is 0 Å². The molecule has 1 saturated heterocycles. The number of carbonyl (C=O) groups excluding carboxylic acids is 1. The molecule has 2 rings (SSSR count). The highest BCUT2D eigenvalue weighted by molar-refractivity contribution is 5.85. The SMILES string of the molecule is COC(=O)[C@H]1CCCN(c2cccc(C(=O)O)n2)C1. The van der Waals surface area contributed by atoms with Crippen molar-refractivity contribution in [3.8, 4) is 0 Å². The van der Waals surface area contributed by atoms with Crippen LogP contribution >= 0.6 is 0 Å². The predicted molar refractivity (Wildman–Crippen MR) is 68.1 cm³/mol. The third kappa shape index (κ3) is 3.01. The lowest BCUT2D eigenvalue weighted by atomic mass is 9.98. The van der Waals surface area contributed by atoms with Crippen LogP contribution in [0.1, 0.15) is 23.3 Å². The Bertz CT molecular complexity index is 489. The van der Waals surface area contributed by atoms with E-state index in [-0.39, 0.29) is 17.6 Å². The summed E-state index contributed by atoms with van der Waals surface area (Å²) < 4.78 is 4.76. The molecule has 1 aromatic rings. The van der Waals surface area contributed by atoms with Crippen LogP contribution in [0, 0.1) is 5.92 Å². The van der Waals surface area contributed by atoms with E-state index in [2.05, 4.69) is 4.98 Å². The van der Waals surface area contributed by atoms with Crippen molar-refractivity contribution in [2.24, 2.45) is 5.92 Å². The molecule has 1 aromatic heterocycles. The number of methoxy groups -OCH3 is 1. The summed E-state index contributed by atoms with van der Waals surface area (Å²) in [6.45, 7) is 1.28. The summed E-state index contributed by atoms with van der Waals surface area (Å²) in [7, 11) is 1.38. The quantitative estimate of drug-likeness (QED) is 0.825. The van der Waals surface area contributed by atoms with E-state index in [4.69, 9.17) is 9.84 Å². The number of piperidine rings is 1. The highest BCUT2D eigenvalue weighted by Crippen LogP contribution is 2.22. The molecule has 6 nitrogen and oxygen atoms in total. The number of pyridine rings is 1. The van der Waals surface area contributed by atoms with E-state index in [1.54, 1.807) is 12.1 Å². The average molecular weight is 264 g/mol. The third-order valence-corrected chi connectivity index (χ3v) is 3.23. The first kappa shape index (κ1) is 13.3. The first-order chi connectivity index (χ1) is 9.11. The zero-order valence-corrected chi connectivity index (χ0v) is 10.7. The van der Waals surface area contributed by atoms with E-state index < -0.39 is 5.97 Å². The van der Waals surface area contributed by atoms with E-state index in [1.807, 2.05) is 4.90 Å². The van der Waals surface area contributed by atoms with Gasteiger partial charge in [-0.05, 0) is 25.0 Å². The van der Waals surface area contributed by atoms with Crippen molar-refractivity contribution in [1.29, 1.82) is 0 Å². The summed E-state index contributed by atoms with van der Waals surface area (Å²) >= 11 is 0. The monoisotopic (exact) mass is 264 g/mol. The minimum atomic E-state index is -1.05. The van der Waals surface area contributed by atoms with Crippen molar-refractivity contribution < 1.29 is 19.4 Å². The van der Waals surface area contributed by atoms with Crippen LogP contribution < -0.4 is 4.90 Å². The fourth-order valence-corrected chi connectivity index (χ4v) is 2.26. The van der Waals surface area contributed by atoms with Gasteiger partial charge in [-0.2, -0.15) is 0 Å². The maximum absolute atomic E-state index is 11.6. The number of carbonyl (C=O) groups is 2. The fourth-order valence-electron chi connectivity index (χ4n) is 2.26. The number of rotatable bonds is 3. The molecule has 1 aliphatic rings. The lowest BCUT2D eigenvalue weighted by Gasteiger charge is -2.32. The Labute approximate surface area is 111 Å². The molecule has 0 saturated carbocycles. The Morgan fingerprint density at radius 2 is 2.26 bits per heavy atom. The van der Waals surface area contributed by atoms with Gasteiger partial charge in [0, 0.05) is 13.1 Å². The van der Waals surface area contributed by atoms with Crippen LogP contribution in [0.3, 0.4) is 0 Å². The third-order valence-electron chi connectivity index (χ3n) is 3.23. The number of carboxylic acid groups (broad SMARTS) is 1. The van der Waals surface area contributed by atoms with Crippen molar-refractivity contribution >= 4 is 17.8 Å². The summed E-state index contributed by atoms with van der Waals surface area (Å²) in [5, 5.41) is 8.93. The second-order valence-electron chi connectivity index (χ2n) is 4.49. The predicted octanol–water partition coefficient (Wildman–Crippen LogP) is 1.17. The molecule has 1 atom stereocenters. The molecule has 19 heavy (non-hydrogen) atoms. The smallest absolute Gasteiger partial charge is 0.354 e. The van der Waals surface area contributed by atoms with E-state index in [9.17, 15) is 9.59 Å². The number of aromatic nitrogens is 1. The molecule has 0 aliphatic carbocycles. The summed E-state index contributed by atoms with van der Waals surface area (Å²) in [5.74, 6) is -0.856. The number of anilines is 1. The molecule has 0 amide bonds. The first-order valence-electron chi connectivity index (χ1n) is 6.15. The topological polar surface area (TPSA) is 79.7 Å². The van der Waals surface area contributed by atoms with E-state index in [0.717, 1.165) is 19.4 Å². The van der Waals surface area contributed by atoms with Crippen LogP contribution in [-0.4, -0.2) is 42.2 Å². The van der Waals surface area contributed by atoms with E-state index in [1.165, 1.54) is 13.2 Å². The van der Waals surface area contributed by atoms with E-state index in [0.29, 0.717) is 12.4 Å². The summed E-state index contributed by atoms with van der Waals surface area (Å²) in [4.78, 5) is 28.5. The Balaban J connectivity index is 2.15. The summed E-state index contributed by atoms with van der Waals surface area (Å²) in [6.07, 6.45) is 1.65. The molecule has 1 fully saturated rings. The van der Waals surface area contributed by atoms with Gasteiger partial charge in [-0.3, -0.25) is 4.79 Å². The largest absolute Gasteiger partial charge is 0.477 e. The minimum Gasteiger partial charge on any atom is -0.477 e. The van der Waals surface area contributed by atoms with Gasteiger partial charge in [-0.15, -0.1) is 0 Å². The van der Waals surface area contributed by atoms with Gasteiger partial charge in [0.2, 0.25) is 0 Å². The number of carboxylic acids is 1. The van der Waals surface area contributed by atoms with Gasteiger partial charge < -0.3 is 14.7 Å². The number of ether oxygens (including phenoxy) is 1. The van der Waals surface area contributed by atoms with Gasteiger partial charge >= 0.3 is 11.9 Å². The average Bonchev–Trinajstić information content (AvgIpc) is 2.46. The molecular formula is C13H16N2O4. The van der Waals surface area contributed by atoms with Crippen LogP contribution in [-0.2, 0) is 9.53 Å².